The average molecular weight is 811 g/mol. The molecule has 4 heteroatoms. The Balaban J connectivity index is 1.42. The van der Waals surface area contributed by atoms with Gasteiger partial charge in [0.2, 0.25) is 0 Å². The topological polar surface area (TPSA) is 6.48 Å². The van der Waals surface area contributed by atoms with E-state index in [9.17, 15) is 0 Å². The van der Waals surface area contributed by atoms with E-state index in [0.29, 0.717) is 0 Å². The molecule has 2 aliphatic heterocycles. The van der Waals surface area contributed by atoms with Crippen LogP contribution in [-0.2, 0) is 32.5 Å². The van der Waals surface area contributed by atoms with E-state index in [2.05, 4.69) is 212 Å². The molecule has 310 valence electrons. The highest BCUT2D eigenvalue weighted by Gasteiger charge is 2.47. The first-order valence-corrected chi connectivity index (χ1v) is 23.2. The van der Waals surface area contributed by atoms with Crippen LogP contribution in [0.5, 0.6) is 0 Å². The number of aryl methyl sites for hydroxylation is 1. The second-order valence-electron chi connectivity index (χ2n) is 24.1. The fourth-order valence-electron chi connectivity index (χ4n) is 10.8. The fraction of sp³-hybridized carbons (Fsp3) is 0.429. The van der Waals surface area contributed by atoms with Crippen LogP contribution in [0.3, 0.4) is 0 Å². The summed E-state index contributed by atoms with van der Waals surface area (Å²) in [4.78, 5) is 5.34. The number of hydrogen-bond acceptors (Lipinski definition) is 3. The van der Waals surface area contributed by atoms with E-state index in [4.69, 9.17) is 0 Å². The van der Waals surface area contributed by atoms with Gasteiger partial charge in [-0.25, -0.2) is 0 Å². The fourth-order valence-corrected chi connectivity index (χ4v) is 12.1. The SMILES string of the molecule is Cc1cc2c3c(c1)N(c1ccc4c(c1)C(C)(C)CC4(C)C)c1c(sc4ccc(C(C)(C)C)cc14)B3c1ccc(C(C)(C)C)cc1N2c1cc(C(C)(C)C)cc(C(C)(C)C)c1. The number of benzene rings is 5. The lowest BCUT2D eigenvalue weighted by atomic mass is 9.36. The minimum absolute atomic E-state index is 0.00598. The van der Waals surface area contributed by atoms with Crippen LogP contribution in [0, 0.1) is 6.92 Å². The van der Waals surface area contributed by atoms with Gasteiger partial charge in [0.1, 0.15) is 0 Å². The smallest absolute Gasteiger partial charge is 0.264 e. The lowest BCUT2D eigenvalue weighted by Gasteiger charge is -2.44. The highest BCUT2D eigenvalue weighted by molar-refractivity contribution is 7.33. The summed E-state index contributed by atoms with van der Waals surface area (Å²) in [5.41, 5.74) is 20.5. The van der Waals surface area contributed by atoms with Crippen LogP contribution in [-0.4, -0.2) is 6.71 Å². The van der Waals surface area contributed by atoms with E-state index in [1.807, 2.05) is 11.3 Å². The van der Waals surface area contributed by atoms with E-state index < -0.39 is 0 Å². The molecule has 3 heterocycles. The Hall–Kier alpha value is -4.28. The first kappa shape index (κ1) is 41.1. The Morgan fingerprint density at radius 1 is 0.517 bits per heavy atom. The molecule has 0 radical (unpaired) electrons. The van der Waals surface area contributed by atoms with Gasteiger partial charge < -0.3 is 9.80 Å². The Morgan fingerprint density at radius 2 is 1.07 bits per heavy atom. The molecule has 0 fully saturated rings. The minimum Gasteiger partial charge on any atom is -0.311 e. The molecule has 0 spiro atoms. The second kappa shape index (κ2) is 12.9. The number of nitrogens with zero attached hydrogens (tertiary/aromatic N) is 2. The Kier molecular flexibility index (Phi) is 8.82. The third kappa shape index (κ3) is 6.40. The van der Waals surface area contributed by atoms with E-state index in [1.165, 1.54) is 98.9 Å². The summed E-state index contributed by atoms with van der Waals surface area (Å²) in [6.45, 7) is 40.4. The monoisotopic (exact) mass is 811 g/mol. The zero-order chi connectivity index (χ0) is 43.4. The lowest BCUT2D eigenvalue weighted by molar-refractivity contribution is 0.403. The van der Waals surface area contributed by atoms with Crippen molar-refractivity contribution in [1.29, 1.82) is 0 Å². The van der Waals surface area contributed by atoms with Gasteiger partial charge in [0.05, 0.1) is 5.69 Å². The third-order valence-electron chi connectivity index (χ3n) is 14.1. The van der Waals surface area contributed by atoms with E-state index in [1.54, 1.807) is 0 Å². The first-order valence-electron chi connectivity index (χ1n) is 22.4. The molecule has 9 rings (SSSR count). The van der Waals surface area contributed by atoms with Crippen molar-refractivity contribution >= 4 is 78.0 Å². The summed E-state index contributed by atoms with van der Waals surface area (Å²) >= 11 is 2.01. The first-order chi connectivity index (χ1) is 27.6. The van der Waals surface area contributed by atoms with Crippen molar-refractivity contribution in [3.8, 4) is 0 Å². The predicted octanol–water partition coefficient (Wildman–Crippen LogP) is 14.4. The van der Waals surface area contributed by atoms with E-state index in [0.717, 1.165) is 6.42 Å². The number of hydrogen-bond donors (Lipinski definition) is 0. The van der Waals surface area contributed by atoms with Gasteiger partial charge in [-0.1, -0.05) is 141 Å². The molecule has 0 N–H and O–H groups in total. The molecular weight excluding hydrogens is 744 g/mol. The molecule has 0 unspecified atom stereocenters. The van der Waals surface area contributed by atoms with Gasteiger partial charge in [-0.3, -0.25) is 0 Å². The molecule has 0 bridgehead atoms. The molecule has 1 aromatic heterocycles. The van der Waals surface area contributed by atoms with Gasteiger partial charge in [0.25, 0.3) is 6.71 Å². The van der Waals surface area contributed by atoms with Gasteiger partial charge in [-0.15, -0.1) is 11.3 Å². The molecule has 6 aromatic rings. The van der Waals surface area contributed by atoms with E-state index in [-0.39, 0.29) is 39.2 Å². The summed E-state index contributed by atoms with van der Waals surface area (Å²) in [7, 11) is 0. The average Bonchev–Trinajstić information content (AvgIpc) is 3.59. The number of rotatable bonds is 2. The molecule has 1 aliphatic carbocycles. The second-order valence-corrected chi connectivity index (χ2v) is 25.1. The van der Waals surface area contributed by atoms with Crippen LogP contribution in [0.25, 0.3) is 10.1 Å². The maximum atomic E-state index is 2.68. The summed E-state index contributed by atoms with van der Waals surface area (Å²) in [5.74, 6) is 0. The quantitative estimate of drug-likeness (QED) is 0.161. The van der Waals surface area contributed by atoms with Crippen LogP contribution in [0.2, 0.25) is 0 Å². The van der Waals surface area contributed by atoms with Crippen molar-refractivity contribution in [2.45, 2.75) is 157 Å². The van der Waals surface area contributed by atoms with Gasteiger partial charge in [-0.2, -0.15) is 0 Å². The molecule has 0 amide bonds. The van der Waals surface area contributed by atoms with Crippen LogP contribution < -0.4 is 25.5 Å². The van der Waals surface area contributed by atoms with Crippen molar-refractivity contribution in [1.82, 2.24) is 0 Å². The van der Waals surface area contributed by atoms with Crippen molar-refractivity contribution in [2.24, 2.45) is 0 Å². The molecule has 3 aliphatic rings. The standard InChI is InChI=1S/C56H67BN2S/c1-33-24-45-48-46(25-33)59(38-20-21-41-42(31-38)56(16,17)32-55(41,14)15)49-40-29-34(51(2,3)4)19-23-47(40)60-50(49)57(48)43-22-18-35(52(5,6)7)30-44(43)58(45)39-27-36(53(8,9)10)26-37(28-39)54(11,12)13/h18-31H,32H2,1-17H3. The summed E-state index contributed by atoms with van der Waals surface area (Å²) in [6.07, 6.45) is 1.15. The van der Waals surface area contributed by atoms with Gasteiger partial charge in [0, 0.05) is 43.3 Å². The van der Waals surface area contributed by atoms with Crippen molar-refractivity contribution in [3.05, 3.63) is 124 Å². The summed E-state index contributed by atoms with van der Waals surface area (Å²) < 4.78 is 2.80. The Bertz CT molecular complexity index is 2720. The molecule has 60 heavy (non-hydrogen) atoms. The van der Waals surface area contributed by atoms with Gasteiger partial charge in [-0.05, 0) is 150 Å². The zero-order valence-electron chi connectivity index (χ0n) is 39.7. The van der Waals surface area contributed by atoms with Gasteiger partial charge >= 0.3 is 0 Å². The Morgan fingerprint density at radius 3 is 1.67 bits per heavy atom. The van der Waals surface area contributed by atoms with Crippen molar-refractivity contribution < 1.29 is 0 Å². The molecule has 0 atom stereocenters. The van der Waals surface area contributed by atoms with Crippen LogP contribution in [0.4, 0.5) is 34.1 Å². The molecular formula is C56H67BN2S. The molecule has 5 aromatic carbocycles. The highest BCUT2D eigenvalue weighted by atomic mass is 32.1. The van der Waals surface area contributed by atoms with Crippen LogP contribution >= 0.6 is 11.3 Å². The molecule has 2 nitrogen and oxygen atoms in total. The maximum absolute atomic E-state index is 2.68. The highest BCUT2D eigenvalue weighted by Crippen LogP contribution is 2.54. The van der Waals surface area contributed by atoms with Crippen LogP contribution in [0.15, 0.2) is 84.9 Å². The number of thiophene rings is 1. The lowest BCUT2D eigenvalue weighted by Crippen LogP contribution is -2.60. The van der Waals surface area contributed by atoms with Crippen molar-refractivity contribution in [2.75, 3.05) is 9.80 Å². The zero-order valence-corrected chi connectivity index (χ0v) is 40.5. The molecule has 0 saturated carbocycles. The third-order valence-corrected chi connectivity index (χ3v) is 15.3. The van der Waals surface area contributed by atoms with E-state index >= 15 is 0 Å². The number of fused-ring (bicyclic) bond motifs is 7. The summed E-state index contributed by atoms with van der Waals surface area (Å²) in [5, 5.41) is 1.36. The van der Waals surface area contributed by atoms with Gasteiger partial charge in [0.15, 0.2) is 0 Å². The van der Waals surface area contributed by atoms with Crippen molar-refractivity contribution in [3.63, 3.8) is 0 Å². The normalized spacial score (nSPS) is 16.9. The summed E-state index contributed by atoms with van der Waals surface area (Å²) in [6, 6.07) is 34.6. The Labute approximate surface area is 366 Å². The minimum atomic E-state index is -0.0129. The molecule has 0 saturated heterocycles. The maximum Gasteiger partial charge on any atom is 0.264 e. The predicted molar refractivity (Wildman–Crippen MR) is 266 cm³/mol. The number of anilines is 6. The van der Waals surface area contributed by atoms with Crippen LogP contribution in [0.1, 0.15) is 156 Å². The largest absolute Gasteiger partial charge is 0.311 e.